The van der Waals surface area contributed by atoms with Crippen molar-refractivity contribution in [1.82, 2.24) is 0 Å². The van der Waals surface area contributed by atoms with Gasteiger partial charge in [0.25, 0.3) is 0 Å². The van der Waals surface area contributed by atoms with Crippen LogP contribution in [0.5, 0.6) is 0 Å². The summed E-state index contributed by atoms with van der Waals surface area (Å²) < 4.78 is 10.1. The number of hydrogen-bond donors (Lipinski definition) is 0. The van der Waals surface area contributed by atoms with Gasteiger partial charge in [-0.3, -0.25) is 0 Å². The molecule has 0 fully saturated rings. The predicted molar refractivity (Wildman–Crippen MR) is 151 cm³/mol. The van der Waals surface area contributed by atoms with Gasteiger partial charge in [-0.2, -0.15) is 0 Å². The Balaban J connectivity index is 1.93. The average Bonchev–Trinajstić information content (AvgIpc) is 3.39. The van der Waals surface area contributed by atoms with E-state index in [4.69, 9.17) is 0 Å². The maximum atomic E-state index is 2.70. The molecule has 0 aliphatic carbocycles. The van der Waals surface area contributed by atoms with Crippen LogP contribution in [0.4, 0.5) is 0 Å². The number of hydrogen-bond acceptors (Lipinski definition) is 2. The molecule has 0 N–H and O–H groups in total. The number of fused-ring (bicyclic) bond motifs is 3. The molecule has 0 radical (unpaired) electrons. The Morgan fingerprint density at radius 1 is 0.548 bits per heavy atom. The maximum absolute atomic E-state index is 2.98. The van der Waals surface area contributed by atoms with Gasteiger partial charge in [0.1, 0.15) is 0 Å². The first-order chi connectivity index (χ1) is 14.6. The van der Waals surface area contributed by atoms with Gasteiger partial charge in [-0.15, -0.1) is 0 Å². The molecule has 1 aliphatic rings. The second kappa shape index (κ2) is 8.03. The molecule has 4 aromatic rings. The van der Waals surface area contributed by atoms with E-state index >= 15 is 0 Å². The van der Waals surface area contributed by atoms with E-state index in [9.17, 15) is 0 Å². The molecule has 0 atom stereocenters. The van der Waals surface area contributed by atoms with E-state index in [1.807, 2.05) is 0 Å². The van der Waals surface area contributed by atoms with Crippen molar-refractivity contribution >= 4 is 96.1 Å². The quantitative estimate of drug-likeness (QED) is 0.244. The Labute approximate surface area is 205 Å². The molecule has 158 valence electrons. The first kappa shape index (κ1) is 22.8. The van der Waals surface area contributed by atoms with Crippen LogP contribution in [0, 0.1) is 0 Å². The Morgan fingerprint density at radius 2 is 0.903 bits per heavy atom. The van der Waals surface area contributed by atoms with E-state index in [2.05, 4.69) is 125 Å². The topological polar surface area (TPSA) is 0 Å². The van der Waals surface area contributed by atoms with Gasteiger partial charge in [-0.25, -0.2) is 0 Å². The van der Waals surface area contributed by atoms with E-state index in [1.165, 1.54) is 0 Å². The molecule has 0 saturated carbocycles. The molecule has 5 rings (SSSR count). The van der Waals surface area contributed by atoms with Gasteiger partial charge >= 0.3 is 208 Å². The Kier molecular flexibility index (Phi) is 5.90. The fourth-order valence-corrected chi connectivity index (χ4v) is 32.5. The van der Waals surface area contributed by atoms with Crippen LogP contribution < -0.4 is 23.4 Å². The molecule has 1 aliphatic heterocycles. The summed E-state index contributed by atoms with van der Waals surface area (Å²) >= 11 is -3.00. The minimum atomic E-state index is -2.98. The van der Waals surface area contributed by atoms with E-state index in [0.29, 0.717) is 0 Å². The van der Waals surface area contributed by atoms with E-state index in [-0.39, 0.29) is 0 Å². The fraction of sp³-hybridized carbons (Fsp3) is 0.231. The third-order valence-electron chi connectivity index (χ3n) is 6.37. The second-order valence-electron chi connectivity index (χ2n) is 10.7. The van der Waals surface area contributed by atoms with E-state index < -0.39 is 50.0 Å². The summed E-state index contributed by atoms with van der Waals surface area (Å²) in [6.45, 7) is 0. The van der Waals surface area contributed by atoms with Crippen molar-refractivity contribution in [1.29, 1.82) is 0 Å². The van der Waals surface area contributed by atoms with Crippen molar-refractivity contribution in [3.05, 3.63) is 72.8 Å². The second-order valence-corrected chi connectivity index (χ2v) is 51.5. The van der Waals surface area contributed by atoms with Crippen LogP contribution >= 0.6 is 22.7 Å². The summed E-state index contributed by atoms with van der Waals surface area (Å²) in [7, 11) is 0. The van der Waals surface area contributed by atoms with Crippen LogP contribution in [0.3, 0.4) is 0 Å². The number of thiophene rings is 2. The summed E-state index contributed by atoms with van der Waals surface area (Å²) in [4.78, 5) is 18.7. The summed E-state index contributed by atoms with van der Waals surface area (Å²) in [5.74, 6) is 0. The Hall–Kier alpha value is -0.0197. The van der Waals surface area contributed by atoms with Gasteiger partial charge in [0.05, 0.1) is 0 Å². The molecule has 0 nitrogen and oxygen atoms in total. The molecule has 0 spiro atoms. The summed E-state index contributed by atoms with van der Waals surface area (Å²) in [6, 6.07) is 28.5. The Morgan fingerprint density at radius 3 is 1.23 bits per heavy atom. The first-order valence-electron chi connectivity index (χ1n) is 11.0. The molecular formula is C26H30GeS2Sn2. The number of benzene rings is 2. The molecule has 31 heavy (non-hydrogen) atoms. The molecule has 0 amide bonds. The average molecular weight is 717 g/mol. The van der Waals surface area contributed by atoms with Gasteiger partial charge in [-0.1, -0.05) is 0 Å². The van der Waals surface area contributed by atoms with Crippen LogP contribution in [-0.2, 0) is 0 Å². The zero-order valence-electron chi connectivity index (χ0n) is 19.2. The molecule has 3 heterocycles. The van der Waals surface area contributed by atoms with Crippen molar-refractivity contribution in [2.24, 2.45) is 0 Å². The van der Waals surface area contributed by atoms with Gasteiger partial charge in [0, 0.05) is 0 Å². The van der Waals surface area contributed by atoms with Crippen LogP contribution in [0.15, 0.2) is 72.8 Å². The molecule has 0 bridgehead atoms. The third-order valence-corrected chi connectivity index (χ3v) is 38.5. The minimum absolute atomic E-state index is 1.59. The summed E-state index contributed by atoms with van der Waals surface area (Å²) in [6.07, 6.45) is 0. The molecule has 5 heteroatoms. The Bertz CT molecular complexity index is 1140. The molecule has 0 unspecified atom stereocenters. The molecule has 2 aromatic heterocycles. The number of rotatable bonds is 4. The van der Waals surface area contributed by atoms with Gasteiger partial charge in [0.2, 0.25) is 0 Å². The SMILES string of the molecule is [CH3][Sn]([CH3])([CH3])[c]1c[c]2c(s1)-c1s[c]([Sn]([CH3])([CH3])[CH3])c[c]1[Ge]2([c]1ccccc1)[c]1ccccc1. The molecule has 0 saturated heterocycles. The summed E-state index contributed by atoms with van der Waals surface area (Å²) in [5.41, 5.74) is 0. The van der Waals surface area contributed by atoms with Gasteiger partial charge in [-0.05, 0) is 0 Å². The standard InChI is InChI=1S/C20H12GeS2.6CH3.2Sn/c1-3-7-15(8-4-1)21(16-9-5-2-6-10-16)17-11-13-22-19(17)20-18(21)12-14-23-20;;;;;;;;/h1-12H;6*1H3;;. The van der Waals surface area contributed by atoms with E-state index in [1.54, 1.807) is 33.1 Å². The monoisotopic (exact) mass is 720 g/mol. The zero-order valence-corrected chi connectivity index (χ0v) is 28.7. The molecular weight excluding hydrogens is 686 g/mol. The third kappa shape index (κ3) is 3.67. The van der Waals surface area contributed by atoms with Crippen molar-refractivity contribution in [3.63, 3.8) is 0 Å². The zero-order chi connectivity index (χ0) is 22.0. The van der Waals surface area contributed by atoms with Crippen molar-refractivity contribution in [2.45, 2.75) is 29.6 Å². The van der Waals surface area contributed by atoms with Gasteiger partial charge < -0.3 is 0 Å². The van der Waals surface area contributed by atoms with Gasteiger partial charge in [0.15, 0.2) is 0 Å². The fourth-order valence-electron chi connectivity index (χ4n) is 4.73. The van der Waals surface area contributed by atoms with Crippen molar-refractivity contribution < 1.29 is 0 Å². The van der Waals surface area contributed by atoms with Crippen molar-refractivity contribution in [2.75, 3.05) is 0 Å². The van der Waals surface area contributed by atoms with Crippen LogP contribution in [0.25, 0.3) is 9.75 Å². The van der Waals surface area contributed by atoms with Crippen LogP contribution in [-0.4, -0.2) is 50.0 Å². The molecule has 2 aromatic carbocycles. The predicted octanol–water partition coefficient (Wildman–Crippen LogP) is 4.26. The summed E-state index contributed by atoms with van der Waals surface area (Å²) in [5, 5.41) is 0. The first-order valence-corrected chi connectivity index (χ1v) is 36.9. The van der Waals surface area contributed by atoms with Crippen molar-refractivity contribution in [3.8, 4) is 9.75 Å². The van der Waals surface area contributed by atoms with Crippen LogP contribution in [0.2, 0.25) is 29.6 Å². The van der Waals surface area contributed by atoms with Crippen LogP contribution in [0.1, 0.15) is 0 Å². The normalized spacial score (nSPS) is 15.0. The van der Waals surface area contributed by atoms with E-state index in [0.717, 1.165) is 0 Å².